The van der Waals surface area contributed by atoms with Crippen LogP contribution in [0.2, 0.25) is 0 Å². The fourth-order valence-corrected chi connectivity index (χ4v) is 3.88. The quantitative estimate of drug-likeness (QED) is 0.531. The van der Waals surface area contributed by atoms with E-state index >= 15 is 0 Å². The van der Waals surface area contributed by atoms with Crippen LogP contribution >= 0.6 is 0 Å². The summed E-state index contributed by atoms with van der Waals surface area (Å²) in [6.45, 7) is 6.75. The monoisotopic (exact) mass is 407 g/mol. The average Bonchev–Trinajstić information content (AvgIpc) is 2.96. The lowest BCUT2D eigenvalue weighted by atomic mass is 10.0. The first-order chi connectivity index (χ1) is 13.0. The SMILES string of the molecule is CC#Cc1ccc(N2CC(CC(C)(C(=O)OCC)S(C)(=O)=O)OC2=O)cc1C. The van der Waals surface area contributed by atoms with E-state index in [2.05, 4.69) is 11.8 Å². The molecular weight excluding hydrogens is 382 g/mol. The molecule has 8 heteroatoms. The molecule has 0 N–H and O–H groups in total. The van der Waals surface area contributed by atoms with Crippen molar-refractivity contribution in [1.29, 1.82) is 0 Å². The van der Waals surface area contributed by atoms with E-state index in [-0.39, 0.29) is 19.6 Å². The molecule has 1 saturated heterocycles. The van der Waals surface area contributed by atoms with Crippen molar-refractivity contribution in [3.63, 3.8) is 0 Å². The van der Waals surface area contributed by atoms with E-state index in [0.29, 0.717) is 5.69 Å². The Morgan fingerprint density at radius 3 is 2.64 bits per heavy atom. The van der Waals surface area contributed by atoms with E-state index in [9.17, 15) is 18.0 Å². The molecule has 2 unspecified atom stereocenters. The highest BCUT2D eigenvalue weighted by Crippen LogP contribution is 2.31. The molecule has 1 fully saturated rings. The number of nitrogens with zero attached hydrogens (tertiary/aromatic N) is 1. The Labute approximate surface area is 165 Å². The van der Waals surface area contributed by atoms with Crippen molar-refractivity contribution in [3.05, 3.63) is 29.3 Å². The van der Waals surface area contributed by atoms with Gasteiger partial charge in [-0.25, -0.2) is 13.2 Å². The smallest absolute Gasteiger partial charge is 0.414 e. The third kappa shape index (κ3) is 4.30. The number of amides is 1. The van der Waals surface area contributed by atoms with Crippen LogP contribution in [0, 0.1) is 18.8 Å². The molecule has 1 amide bonds. The second kappa shape index (κ2) is 8.23. The molecular formula is C20H25NO6S. The minimum absolute atomic E-state index is 0.0623. The Kier molecular flexibility index (Phi) is 6.40. The number of rotatable bonds is 6. The lowest BCUT2D eigenvalue weighted by Gasteiger charge is -2.27. The number of aryl methyl sites for hydroxylation is 1. The summed E-state index contributed by atoms with van der Waals surface area (Å²) in [5.74, 6) is 4.98. The van der Waals surface area contributed by atoms with Gasteiger partial charge in [0, 0.05) is 23.9 Å². The summed E-state index contributed by atoms with van der Waals surface area (Å²) in [5.41, 5.74) is 2.40. The standard InChI is InChI=1S/C20H25NO6S/c1-6-8-15-9-10-16(11-14(15)3)21-13-17(27-19(21)23)12-20(4,28(5,24)25)18(22)26-7-2/h9-11,17H,7,12-13H2,1-5H3. The number of hydrogen-bond donors (Lipinski definition) is 0. The van der Waals surface area contributed by atoms with Crippen LogP contribution in [0.15, 0.2) is 18.2 Å². The zero-order valence-electron chi connectivity index (χ0n) is 16.7. The van der Waals surface area contributed by atoms with Gasteiger partial charge in [-0.1, -0.05) is 5.92 Å². The van der Waals surface area contributed by atoms with E-state index < -0.39 is 32.8 Å². The van der Waals surface area contributed by atoms with Crippen molar-refractivity contribution in [2.45, 2.75) is 45.0 Å². The van der Waals surface area contributed by atoms with Crippen molar-refractivity contribution >= 4 is 27.6 Å². The molecule has 0 aliphatic carbocycles. The lowest BCUT2D eigenvalue weighted by Crippen LogP contribution is -2.47. The predicted octanol–water partition coefficient (Wildman–Crippen LogP) is 2.45. The van der Waals surface area contributed by atoms with Crippen LogP contribution in [0.25, 0.3) is 0 Å². The van der Waals surface area contributed by atoms with E-state index in [0.717, 1.165) is 17.4 Å². The molecule has 1 aliphatic heterocycles. The number of benzene rings is 1. The number of ether oxygens (including phenoxy) is 2. The Morgan fingerprint density at radius 2 is 2.11 bits per heavy atom. The molecule has 0 radical (unpaired) electrons. The first-order valence-corrected chi connectivity index (χ1v) is 10.8. The van der Waals surface area contributed by atoms with Gasteiger partial charge in [0.05, 0.1) is 13.2 Å². The summed E-state index contributed by atoms with van der Waals surface area (Å²) >= 11 is 0. The van der Waals surface area contributed by atoms with E-state index in [1.807, 2.05) is 19.1 Å². The Balaban J connectivity index is 2.25. The molecule has 1 heterocycles. The minimum Gasteiger partial charge on any atom is -0.465 e. The van der Waals surface area contributed by atoms with Gasteiger partial charge in [-0.2, -0.15) is 0 Å². The Hall–Kier alpha value is -2.53. The van der Waals surface area contributed by atoms with Gasteiger partial charge in [-0.3, -0.25) is 9.69 Å². The van der Waals surface area contributed by atoms with Gasteiger partial charge in [0.25, 0.3) is 0 Å². The molecule has 2 atom stereocenters. The summed E-state index contributed by atoms with van der Waals surface area (Å²) in [6.07, 6.45) is -0.536. The molecule has 1 aromatic carbocycles. The molecule has 1 aromatic rings. The first-order valence-electron chi connectivity index (χ1n) is 8.92. The Bertz CT molecular complexity index is 943. The van der Waals surface area contributed by atoms with Crippen LogP contribution < -0.4 is 4.90 Å². The van der Waals surface area contributed by atoms with Crippen molar-refractivity contribution in [1.82, 2.24) is 0 Å². The van der Waals surface area contributed by atoms with Crippen molar-refractivity contribution in [3.8, 4) is 11.8 Å². The van der Waals surface area contributed by atoms with Gasteiger partial charge >= 0.3 is 12.1 Å². The van der Waals surface area contributed by atoms with Crippen LogP contribution in [-0.4, -0.2) is 50.7 Å². The minimum atomic E-state index is -3.79. The molecule has 0 saturated carbocycles. The first kappa shape index (κ1) is 21.8. The van der Waals surface area contributed by atoms with E-state index in [1.165, 1.54) is 11.8 Å². The molecule has 152 valence electrons. The molecule has 2 rings (SSSR count). The second-order valence-corrected chi connectivity index (χ2v) is 9.36. The third-order valence-electron chi connectivity index (χ3n) is 4.80. The zero-order valence-corrected chi connectivity index (χ0v) is 17.6. The van der Waals surface area contributed by atoms with Gasteiger partial charge < -0.3 is 9.47 Å². The maximum atomic E-state index is 12.3. The van der Waals surface area contributed by atoms with Crippen molar-refractivity contribution < 1.29 is 27.5 Å². The van der Waals surface area contributed by atoms with Crippen LogP contribution in [0.3, 0.4) is 0 Å². The molecule has 7 nitrogen and oxygen atoms in total. The number of cyclic esters (lactones) is 1. The topological polar surface area (TPSA) is 90.0 Å². The van der Waals surface area contributed by atoms with Gasteiger partial charge in [0.1, 0.15) is 6.10 Å². The van der Waals surface area contributed by atoms with Crippen molar-refractivity contribution in [2.75, 3.05) is 24.3 Å². The molecule has 1 aliphatic rings. The van der Waals surface area contributed by atoms with Gasteiger partial charge in [0.2, 0.25) is 0 Å². The van der Waals surface area contributed by atoms with E-state index in [1.54, 1.807) is 19.9 Å². The predicted molar refractivity (Wildman–Crippen MR) is 106 cm³/mol. The van der Waals surface area contributed by atoms with Gasteiger partial charge in [-0.05, 0) is 51.5 Å². The number of sulfone groups is 1. The summed E-state index contributed by atoms with van der Waals surface area (Å²) in [6, 6.07) is 5.41. The molecule has 28 heavy (non-hydrogen) atoms. The van der Waals surface area contributed by atoms with Crippen molar-refractivity contribution in [2.24, 2.45) is 0 Å². The zero-order chi connectivity index (χ0) is 21.1. The summed E-state index contributed by atoms with van der Waals surface area (Å²) in [4.78, 5) is 26.1. The average molecular weight is 407 g/mol. The summed E-state index contributed by atoms with van der Waals surface area (Å²) in [5, 5.41) is 0. The second-order valence-electron chi connectivity index (χ2n) is 6.92. The van der Waals surface area contributed by atoms with Gasteiger partial charge in [-0.15, -0.1) is 5.92 Å². The Morgan fingerprint density at radius 1 is 1.43 bits per heavy atom. The largest absolute Gasteiger partial charge is 0.465 e. The number of carbonyl (C=O) groups excluding carboxylic acids is 2. The lowest BCUT2D eigenvalue weighted by molar-refractivity contribution is -0.146. The maximum absolute atomic E-state index is 12.3. The maximum Gasteiger partial charge on any atom is 0.414 e. The number of anilines is 1. The number of carbonyl (C=O) groups is 2. The molecule has 0 spiro atoms. The summed E-state index contributed by atoms with van der Waals surface area (Å²) < 4.78 is 33.0. The van der Waals surface area contributed by atoms with Gasteiger partial charge in [0.15, 0.2) is 14.6 Å². The molecule has 0 aromatic heterocycles. The highest BCUT2D eigenvalue weighted by atomic mass is 32.2. The fourth-order valence-electron chi connectivity index (χ4n) is 3.03. The normalized spacial score (nSPS) is 18.7. The van der Waals surface area contributed by atoms with E-state index in [4.69, 9.17) is 9.47 Å². The van der Waals surface area contributed by atoms with Crippen LogP contribution in [0.1, 0.15) is 38.3 Å². The fraction of sp³-hybridized carbons (Fsp3) is 0.500. The third-order valence-corrected chi connectivity index (χ3v) is 6.77. The highest BCUT2D eigenvalue weighted by molar-refractivity contribution is 7.92. The number of hydrogen-bond acceptors (Lipinski definition) is 6. The van der Waals surface area contributed by atoms with Crippen LogP contribution in [0.5, 0.6) is 0 Å². The van der Waals surface area contributed by atoms with Crippen LogP contribution in [-0.2, 0) is 24.1 Å². The molecule has 0 bridgehead atoms. The number of esters is 1. The summed E-state index contributed by atoms with van der Waals surface area (Å²) in [7, 11) is -3.79. The van der Waals surface area contributed by atoms with Crippen LogP contribution in [0.4, 0.5) is 10.5 Å². The highest BCUT2D eigenvalue weighted by Gasteiger charge is 2.49.